The maximum atomic E-state index is 4.46. The van der Waals surface area contributed by atoms with E-state index in [4.69, 9.17) is 0 Å². The van der Waals surface area contributed by atoms with Crippen LogP contribution >= 0.6 is 0 Å². The largest absolute Gasteiger partial charge is 0.241 e. The molecule has 0 aliphatic heterocycles. The Kier molecular flexibility index (Phi) is 7.64. The van der Waals surface area contributed by atoms with Crippen molar-refractivity contribution in [1.82, 2.24) is 19.9 Å². The zero-order chi connectivity index (χ0) is 16.3. The molecule has 0 radical (unpaired) electrons. The highest BCUT2D eigenvalue weighted by atomic mass is 14.9. The van der Waals surface area contributed by atoms with Gasteiger partial charge in [0, 0.05) is 31.2 Å². The molecule has 0 unspecified atom stereocenters. The van der Waals surface area contributed by atoms with Gasteiger partial charge in [0.1, 0.15) is 5.82 Å². The van der Waals surface area contributed by atoms with Crippen molar-refractivity contribution in [3.05, 3.63) is 36.2 Å². The van der Waals surface area contributed by atoms with Crippen molar-refractivity contribution in [3.8, 4) is 11.4 Å². The molecule has 2 aromatic heterocycles. The van der Waals surface area contributed by atoms with E-state index in [-0.39, 0.29) is 0 Å². The van der Waals surface area contributed by atoms with Crippen molar-refractivity contribution < 1.29 is 0 Å². The van der Waals surface area contributed by atoms with Crippen LogP contribution in [0.25, 0.3) is 11.4 Å². The summed E-state index contributed by atoms with van der Waals surface area (Å²) < 4.78 is 0. The van der Waals surface area contributed by atoms with E-state index in [2.05, 4.69) is 33.8 Å². The normalized spacial score (nSPS) is 10.9. The lowest BCUT2D eigenvalue weighted by atomic mass is 10.1. The lowest BCUT2D eigenvalue weighted by molar-refractivity contribution is 0.665. The van der Waals surface area contributed by atoms with Crippen molar-refractivity contribution in [2.24, 2.45) is 0 Å². The predicted octanol–water partition coefficient (Wildman–Crippen LogP) is 4.79. The summed E-state index contributed by atoms with van der Waals surface area (Å²) in [5.41, 5.74) is 2.10. The smallest absolute Gasteiger partial charge is 0.162 e. The molecule has 0 aliphatic carbocycles. The number of nitrogens with zero attached hydrogens (tertiary/aromatic N) is 4. The number of aromatic nitrogens is 4. The Morgan fingerprint density at radius 3 is 1.91 bits per heavy atom. The second-order valence-electron chi connectivity index (χ2n) is 6.07. The van der Waals surface area contributed by atoms with Crippen molar-refractivity contribution in [2.75, 3.05) is 0 Å². The van der Waals surface area contributed by atoms with E-state index in [0.717, 1.165) is 30.7 Å². The van der Waals surface area contributed by atoms with Crippen LogP contribution in [0.4, 0.5) is 0 Å². The van der Waals surface area contributed by atoms with Crippen molar-refractivity contribution in [3.63, 3.8) is 0 Å². The van der Waals surface area contributed by atoms with Crippen LogP contribution in [0.3, 0.4) is 0 Å². The first-order chi connectivity index (χ1) is 11.3. The molecule has 4 heteroatoms. The number of rotatable bonds is 10. The van der Waals surface area contributed by atoms with E-state index < -0.39 is 0 Å². The molecule has 0 aromatic carbocycles. The van der Waals surface area contributed by atoms with Crippen LogP contribution in [-0.4, -0.2) is 19.9 Å². The fourth-order valence-corrected chi connectivity index (χ4v) is 2.52. The number of hydrogen-bond donors (Lipinski definition) is 0. The molecule has 0 bridgehead atoms. The fraction of sp³-hybridized carbons (Fsp3) is 0.579. The molecule has 124 valence electrons. The van der Waals surface area contributed by atoms with Crippen molar-refractivity contribution >= 4 is 0 Å². The van der Waals surface area contributed by atoms with Crippen LogP contribution < -0.4 is 0 Å². The van der Waals surface area contributed by atoms with Gasteiger partial charge in [0.25, 0.3) is 0 Å². The first kappa shape index (κ1) is 17.5. The molecule has 0 saturated heterocycles. The first-order valence-corrected chi connectivity index (χ1v) is 8.95. The molecule has 0 fully saturated rings. The summed E-state index contributed by atoms with van der Waals surface area (Å²) in [7, 11) is 0. The average Bonchev–Trinajstić information content (AvgIpc) is 2.60. The summed E-state index contributed by atoms with van der Waals surface area (Å²) in [6, 6.07) is 0. The summed E-state index contributed by atoms with van der Waals surface area (Å²) in [5.74, 6) is 1.62. The lowest BCUT2D eigenvalue weighted by Crippen LogP contribution is -1.98. The Morgan fingerprint density at radius 2 is 1.26 bits per heavy atom. The van der Waals surface area contributed by atoms with Gasteiger partial charge < -0.3 is 0 Å². The second kappa shape index (κ2) is 10.0. The Balaban J connectivity index is 1.88. The highest BCUT2D eigenvalue weighted by molar-refractivity contribution is 5.51. The van der Waals surface area contributed by atoms with Gasteiger partial charge in [-0.15, -0.1) is 0 Å². The minimum Gasteiger partial charge on any atom is -0.241 e. The van der Waals surface area contributed by atoms with Crippen LogP contribution in [-0.2, 0) is 12.8 Å². The van der Waals surface area contributed by atoms with Crippen LogP contribution in [0.2, 0.25) is 0 Å². The van der Waals surface area contributed by atoms with E-state index in [9.17, 15) is 0 Å². The van der Waals surface area contributed by atoms with Gasteiger partial charge in [0.05, 0.1) is 5.56 Å². The summed E-state index contributed by atoms with van der Waals surface area (Å²) >= 11 is 0. The molecule has 0 N–H and O–H groups in total. The Bertz CT molecular complexity index is 549. The average molecular weight is 312 g/mol. The lowest BCUT2D eigenvalue weighted by Gasteiger charge is -2.04. The van der Waals surface area contributed by atoms with E-state index in [1.165, 1.54) is 44.1 Å². The molecule has 2 heterocycles. The van der Waals surface area contributed by atoms with Gasteiger partial charge >= 0.3 is 0 Å². The summed E-state index contributed by atoms with van der Waals surface area (Å²) in [4.78, 5) is 17.8. The predicted molar refractivity (Wildman–Crippen MR) is 94.1 cm³/mol. The highest BCUT2D eigenvalue weighted by Gasteiger charge is 2.04. The molecular weight excluding hydrogens is 284 g/mol. The Labute approximate surface area is 139 Å². The monoisotopic (exact) mass is 312 g/mol. The quantitative estimate of drug-likeness (QED) is 0.592. The van der Waals surface area contributed by atoms with Crippen molar-refractivity contribution in [2.45, 2.75) is 71.6 Å². The number of aryl methyl sites for hydroxylation is 2. The molecule has 0 atom stereocenters. The van der Waals surface area contributed by atoms with Gasteiger partial charge in [-0.05, 0) is 24.8 Å². The maximum absolute atomic E-state index is 4.46. The summed E-state index contributed by atoms with van der Waals surface area (Å²) in [6.45, 7) is 4.43. The molecule has 23 heavy (non-hydrogen) atoms. The second-order valence-corrected chi connectivity index (χ2v) is 6.07. The van der Waals surface area contributed by atoms with Crippen molar-refractivity contribution in [1.29, 1.82) is 0 Å². The van der Waals surface area contributed by atoms with E-state index in [0.29, 0.717) is 5.82 Å². The van der Waals surface area contributed by atoms with Crippen LogP contribution in [0.1, 0.15) is 70.2 Å². The maximum Gasteiger partial charge on any atom is 0.162 e. The van der Waals surface area contributed by atoms with Crippen LogP contribution in [0, 0.1) is 0 Å². The first-order valence-electron chi connectivity index (χ1n) is 8.95. The van der Waals surface area contributed by atoms with Crippen LogP contribution in [0.15, 0.2) is 24.8 Å². The number of hydrogen-bond acceptors (Lipinski definition) is 4. The van der Waals surface area contributed by atoms with E-state index >= 15 is 0 Å². The molecule has 0 amide bonds. The summed E-state index contributed by atoms with van der Waals surface area (Å²) in [6.07, 6.45) is 18.2. The Hall–Kier alpha value is -1.84. The zero-order valence-corrected chi connectivity index (χ0v) is 14.5. The minimum absolute atomic E-state index is 0.711. The topological polar surface area (TPSA) is 51.6 Å². The van der Waals surface area contributed by atoms with Gasteiger partial charge in [-0.3, -0.25) is 0 Å². The van der Waals surface area contributed by atoms with Gasteiger partial charge in [-0.1, -0.05) is 46.0 Å². The third-order valence-corrected chi connectivity index (χ3v) is 3.99. The van der Waals surface area contributed by atoms with Gasteiger partial charge in [-0.25, -0.2) is 19.9 Å². The van der Waals surface area contributed by atoms with Gasteiger partial charge in [0.15, 0.2) is 5.82 Å². The molecule has 2 rings (SSSR count). The molecule has 2 aromatic rings. The van der Waals surface area contributed by atoms with E-state index in [1.807, 2.05) is 24.8 Å². The zero-order valence-electron chi connectivity index (χ0n) is 14.5. The number of unbranched alkanes of at least 4 members (excludes halogenated alkanes) is 5. The third-order valence-electron chi connectivity index (χ3n) is 3.99. The van der Waals surface area contributed by atoms with Gasteiger partial charge in [0.2, 0.25) is 0 Å². The highest BCUT2D eigenvalue weighted by Crippen LogP contribution is 2.14. The standard InChI is InChI=1S/C19H28N4/c1-3-5-7-9-10-16-12-22-19(23-13-16)17-14-20-18(21-15-17)11-8-6-4-2/h12-15H,3-11H2,1-2H3. The third kappa shape index (κ3) is 6.05. The molecule has 0 spiro atoms. The fourth-order valence-electron chi connectivity index (χ4n) is 2.52. The Morgan fingerprint density at radius 1 is 0.652 bits per heavy atom. The SMILES string of the molecule is CCCCCCc1cnc(-c2cnc(CCCCC)nc2)nc1. The molecule has 4 nitrogen and oxygen atoms in total. The molecule has 0 saturated carbocycles. The molecule has 0 aliphatic rings. The molecular formula is C19H28N4. The van der Waals surface area contributed by atoms with Crippen LogP contribution in [0.5, 0.6) is 0 Å². The minimum atomic E-state index is 0.711. The van der Waals surface area contributed by atoms with E-state index in [1.54, 1.807) is 0 Å². The summed E-state index contributed by atoms with van der Waals surface area (Å²) in [5, 5.41) is 0. The van der Waals surface area contributed by atoms with Gasteiger partial charge in [-0.2, -0.15) is 0 Å².